The Balaban J connectivity index is 1.45. The van der Waals surface area contributed by atoms with E-state index in [0.29, 0.717) is 17.0 Å². The SMILES string of the molecule is COc1ccc(C(=O)Nc2ccc(SC[C@@](O)(Cn3cncn3)c3ccc(F)cc3F)cc2)cc1. The van der Waals surface area contributed by atoms with Gasteiger partial charge in [0, 0.05) is 33.5 Å². The molecular weight excluding hydrogens is 474 g/mol. The summed E-state index contributed by atoms with van der Waals surface area (Å²) < 4.78 is 34.5. The predicted octanol–water partition coefficient (Wildman–Crippen LogP) is 4.50. The van der Waals surface area contributed by atoms with E-state index in [9.17, 15) is 18.7 Å². The molecule has 0 aliphatic rings. The van der Waals surface area contributed by atoms with E-state index >= 15 is 0 Å². The highest BCUT2D eigenvalue weighted by Gasteiger charge is 2.33. The fraction of sp³-hybridized carbons (Fsp3) is 0.160. The number of nitrogens with one attached hydrogen (secondary N) is 1. The van der Waals surface area contributed by atoms with Crippen molar-refractivity contribution in [2.45, 2.75) is 17.0 Å². The average Bonchev–Trinajstić information content (AvgIpc) is 3.36. The van der Waals surface area contributed by atoms with Crippen molar-refractivity contribution in [2.24, 2.45) is 0 Å². The first-order chi connectivity index (χ1) is 16.9. The number of halogens is 2. The largest absolute Gasteiger partial charge is 0.497 e. The smallest absolute Gasteiger partial charge is 0.255 e. The lowest BCUT2D eigenvalue weighted by Gasteiger charge is -2.28. The molecule has 0 saturated heterocycles. The molecule has 4 aromatic rings. The number of hydrogen-bond acceptors (Lipinski definition) is 6. The number of amides is 1. The van der Waals surface area contributed by atoms with Crippen molar-refractivity contribution < 1.29 is 23.4 Å². The number of carbonyl (C=O) groups excluding carboxylic acids is 1. The van der Waals surface area contributed by atoms with Crippen molar-refractivity contribution in [2.75, 3.05) is 18.2 Å². The second kappa shape index (κ2) is 10.7. The summed E-state index contributed by atoms with van der Waals surface area (Å²) in [6.07, 6.45) is 2.73. The van der Waals surface area contributed by atoms with Crippen LogP contribution in [0.5, 0.6) is 5.75 Å². The van der Waals surface area contributed by atoms with Gasteiger partial charge in [-0.05, 0) is 54.6 Å². The highest BCUT2D eigenvalue weighted by atomic mass is 32.2. The lowest BCUT2D eigenvalue weighted by atomic mass is 9.95. The molecule has 7 nitrogen and oxygen atoms in total. The van der Waals surface area contributed by atoms with Gasteiger partial charge in [0.2, 0.25) is 0 Å². The van der Waals surface area contributed by atoms with Gasteiger partial charge in [-0.15, -0.1) is 11.8 Å². The summed E-state index contributed by atoms with van der Waals surface area (Å²) in [6, 6.07) is 16.9. The molecule has 0 fully saturated rings. The molecule has 180 valence electrons. The first-order valence-electron chi connectivity index (χ1n) is 10.5. The molecule has 1 atom stereocenters. The van der Waals surface area contributed by atoms with Gasteiger partial charge in [-0.1, -0.05) is 6.07 Å². The third-order valence-corrected chi connectivity index (χ3v) is 6.49. The second-order valence-electron chi connectivity index (χ2n) is 7.74. The molecule has 1 heterocycles. The number of methoxy groups -OCH3 is 1. The maximum absolute atomic E-state index is 14.6. The summed E-state index contributed by atoms with van der Waals surface area (Å²) in [5.74, 6) is -1.11. The second-order valence-corrected chi connectivity index (χ2v) is 8.79. The molecule has 0 unspecified atom stereocenters. The van der Waals surface area contributed by atoms with Gasteiger partial charge in [0.1, 0.15) is 35.6 Å². The molecule has 4 rings (SSSR count). The Morgan fingerprint density at radius 3 is 2.49 bits per heavy atom. The fourth-order valence-corrected chi connectivity index (χ4v) is 4.42. The van der Waals surface area contributed by atoms with Crippen molar-refractivity contribution in [1.29, 1.82) is 0 Å². The van der Waals surface area contributed by atoms with Gasteiger partial charge in [-0.3, -0.25) is 4.79 Å². The summed E-state index contributed by atoms with van der Waals surface area (Å²) in [7, 11) is 1.56. The van der Waals surface area contributed by atoms with Crippen molar-refractivity contribution in [1.82, 2.24) is 14.8 Å². The van der Waals surface area contributed by atoms with Gasteiger partial charge in [0.15, 0.2) is 0 Å². The Morgan fingerprint density at radius 2 is 1.86 bits per heavy atom. The molecule has 0 radical (unpaired) electrons. The maximum Gasteiger partial charge on any atom is 0.255 e. The highest BCUT2D eigenvalue weighted by molar-refractivity contribution is 7.99. The number of ether oxygens (including phenoxy) is 1. The number of anilines is 1. The summed E-state index contributed by atoms with van der Waals surface area (Å²) in [5.41, 5.74) is -0.635. The van der Waals surface area contributed by atoms with Crippen molar-refractivity contribution >= 4 is 23.4 Å². The van der Waals surface area contributed by atoms with Crippen molar-refractivity contribution in [3.63, 3.8) is 0 Å². The molecular formula is C25H22F2N4O3S. The predicted molar refractivity (Wildman–Crippen MR) is 128 cm³/mol. The number of nitrogens with zero attached hydrogens (tertiary/aromatic N) is 3. The third-order valence-electron chi connectivity index (χ3n) is 5.26. The van der Waals surface area contributed by atoms with Crippen LogP contribution in [0, 0.1) is 11.6 Å². The van der Waals surface area contributed by atoms with Crippen LogP contribution in [0.4, 0.5) is 14.5 Å². The van der Waals surface area contributed by atoms with Crippen LogP contribution in [0.1, 0.15) is 15.9 Å². The zero-order valence-corrected chi connectivity index (χ0v) is 19.5. The minimum atomic E-state index is -1.68. The van der Waals surface area contributed by atoms with E-state index in [-0.39, 0.29) is 23.8 Å². The van der Waals surface area contributed by atoms with Crippen LogP contribution in [0.2, 0.25) is 0 Å². The molecule has 1 amide bonds. The molecule has 0 bridgehead atoms. The molecule has 0 aliphatic carbocycles. The first kappa shape index (κ1) is 24.4. The van der Waals surface area contributed by atoms with Crippen LogP contribution in [0.25, 0.3) is 0 Å². The number of carbonyl (C=O) groups is 1. The van der Waals surface area contributed by atoms with Crippen LogP contribution < -0.4 is 10.1 Å². The normalized spacial score (nSPS) is 12.7. The van der Waals surface area contributed by atoms with E-state index in [1.807, 2.05) is 0 Å². The van der Waals surface area contributed by atoms with E-state index in [2.05, 4.69) is 15.4 Å². The minimum absolute atomic E-state index is 0.0368. The molecule has 1 aromatic heterocycles. The maximum atomic E-state index is 14.6. The Kier molecular flexibility index (Phi) is 7.42. The van der Waals surface area contributed by atoms with Gasteiger partial charge in [-0.25, -0.2) is 18.4 Å². The van der Waals surface area contributed by atoms with E-state index < -0.39 is 17.2 Å². The lowest BCUT2D eigenvalue weighted by molar-refractivity contribution is 0.0360. The van der Waals surface area contributed by atoms with Crippen molar-refractivity contribution in [3.8, 4) is 5.75 Å². The van der Waals surface area contributed by atoms with E-state index in [1.165, 1.54) is 35.2 Å². The quantitative estimate of drug-likeness (QED) is 0.332. The summed E-state index contributed by atoms with van der Waals surface area (Å²) in [5, 5.41) is 18.2. The molecule has 2 N–H and O–H groups in total. The molecule has 10 heteroatoms. The molecule has 3 aromatic carbocycles. The number of aromatic nitrogens is 3. The third kappa shape index (κ3) is 6.03. The summed E-state index contributed by atoms with van der Waals surface area (Å²) in [6.45, 7) is -0.0709. The number of hydrogen-bond donors (Lipinski definition) is 2. The first-order valence-corrected chi connectivity index (χ1v) is 11.5. The van der Waals surface area contributed by atoms with Gasteiger partial charge in [-0.2, -0.15) is 5.10 Å². The topological polar surface area (TPSA) is 89.3 Å². The number of benzene rings is 3. The van der Waals surface area contributed by atoms with E-state index in [0.717, 1.165) is 17.0 Å². The van der Waals surface area contributed by atoms with Gasteiger partial charge in [0.25, 0.3) is 5.91 Å². The lowest BCUT2D eigenvalue weighted by Crippen LogP contribution is -2.35. The summed E-state index contributed by atoms with van der Waals surface area (Å²) in [4.78, 5) is 17.1. The highest BCUT2D eigenvalue weighted by Crippen LogP contribution is 2.33. The Morgan fingerprint density at radius 1 is 1.11 bits per heavy atom. The standard InChI is InChI=1S/C25H22F2N4O3S/c1-34-20-7-2-17(3-8-20)24(32)30-19-5-9-21(10-6-19)35-14-25(33,13-31-16-28-15-29-31)22-11-4-18(26)12-23(22)27/h2-12,15-16,33H,13-14H2,1H3,(H,30,32)/t25-/m0/s1. The Bertz CT molecular complexity index is 1290. The monoisotopic (exact) mass is 496 g/mol. The summed E-state index contributed by atoms with van der Waals surface area (Å²) >= 11 is 1.29. The molecule has 35 heavy (non-hydrogen) atoms. The molecule has 0 saturated carbocycles. The van der Waals surface area contributed by atoms with Gasteiger partial charge in [0.05, 0.1) is 13.7 Å². The average molecular weight is 497 g/mol. The van der Waals surface area contributed by atoms with Crippen molar-refractivity contribution in [3.05, 3.63) is 102 Å². The zero-order valence-electron chi connectivity index (χ0n) is 18.7. The fourth-order valence-electron chi connectivity index (χ4n) is 3.44. The van der Waals surface area contributed by atoms with Gasteiger partial charge < -0.3 is 15.2 Å². The molecule has 0 spiro atoms. The number of aliphatic hydroxyl groups is 1. The van der Waals surface area contributed by atoms with Crippen LogP contribution in [-0.4, -0.2) is 38.6 Å². The van der Waals surface area contributed by atoms with Crippen LogP contribution in [-0.2, 0) is 12.1 Å². The Hall–Kier alpha value is -3.76. The van der Waals surface area contributed by atoms with Crippen LogP contribution in [0.3, 0.4) is 0 Å². The van der Waals surface area contributed by atoms with E-state index in [1.54, 1.807) is 55.6 Å². The zero-order chi connectivity index (χ0) is 24.8. The van der Waals surface area contributed by atoms with Gasteiger partial charge >= 0.3 is 0 Å². The number of rotatable bonds is 9. The van der Waals surface area contributed by atoms with Crippen LogP contribution >= 0.6 is 11.8 Å². The number of thioether (sulfide) groups is 1. The molecule has 0 aliphatic heterocycles. The van der Waals surface area contributed by atoms with Crippen LogP contribution in [0.15, 0.2) is 84.3 Å². The van der Waals surface area contributed by atoms with E-state index in [4.69, 9.17) is 4.74 Å². The Labute approximate surface area is 204 Å². The minimum Gasteiger partial charge on any atom is -0.497 e.